The van der Waals surface area contributed by atoms with Crippen LogP contribution in [0.2, 0.25) is 0 Å². The second-order valence-corrected chi connectivity index (χ2v) is 3.41. The lowest BCUT2D eigenvalue weighted by atomic mass is 10.3. The molecule has 0 amide bonds. The molecular formula is C12H11N3O3. The molecule has 18 heavy (non-hydrogen) atoms. The Morgan fingerprint density at radius 1 is 1.00 bits per heavy atom. The van der Waals surface area contributed by atoms with Crippen LogP contribution in [-0.2, 0) is 4.94 Å². The molecule has 0 bridgehead atoms. The monoisotopic (exact) mass is 245 g/mol. The number of nitro groups is 1. The first-order valence-electron chi connectivity index (χ1n) is 5.25. The van der Waals surface area contributed by atoms with Gasteiger partial charge in [-0.1, -0.05) is 41.3 Å². The first-order chi connectivity index (χ1) is 8.77. The maximum absolute atomic E-state index is 10.9. The van der Waals surface area contributed by atoms with Crippen molar-refractivity contribution in [3.63, 3.8) is 0 Å². The van der Waals surface area contributed by atoms with Crippen LogP contribution in [0, 0.1) is 10.1 Å². The normalized spacial score (nSPS) is 9.78. The summed E-state index contributed by atoms with van der Waals surface area (Å²) < 4.78 is 0. The molecule has 6 heteroatoms. The lowest BCUT2D eigenvalue weighted by Gasteiger charge is -2.13. The number of hydrogen-bond acceptors (Lipinski definition) is 4. The maximum Gasteiger partial charge on any atom is 0.194 e. The lowest BCUT2D eigenvalue weighted by molar-refractivity contribution is -0.544. The summed E-state index contributed by atoms with van der Waals surface area (Å²) in [4.78, 5) is 15.8. The molecule has 0 fully saturated rings. The fraction of sp³-hybridized carbons (Fsp3) is 0. The van der Waals surface area contributed by atoms with E-state index in [1.807, 2.05) is 6.07 Å². The van der Waals surface area contributed by atoms with Crippen molar-refractivity contribution in [3.8, 4) is 0 Å². The van der Waals surface area contributed by atoms with Crippen LogP contribution in [0.1, 0.15) is 0 Å². The number of nitrogens with one attached hydrogen (secondary N) is 1. The molecule has 0 aliphatic carbocycles. The number of hydrazine groups is 1. The third kappa shape index (κ3) is 2.96. The summed E-state index contributed by atoms with van der Waals surface area (Å²) in [5, 5.41) is 10.8. The van der Waals surface area contributed by atoms with Crippen LogP contribution in [-0.4, -0.2) is 5.03 Å². The van der Waals surface area contributed by atoms with Crippen molar-refractivity contribution < 1.29 is 9.97 Å². The zero-order valence-corrected chi connectivity index (χ0v) is 9.39. The smallest absolute Gasteiger partial charge is 0.194 e. The molecule has 0 aliphatic rings. The number of para-hydroxylation sites is 2. The van der Waals surface area contributed by atoms with Crippen molar-refractivity contribution in [3.05, 3.63) is 70.8 Å². The van der Waals surface area contributed by atoms with Gasteiger partial charge in [0.15, 0.2) is 5.03 Å². The molecule has 92 valence electrons. The second kappa shape index (κ2) is 5.65. The van der Waals surface area contributed by atoms with E-state index in [-0.39, 0.29) is 0 Å². The molecule has 0 spiro atoms. The van der Waals surface area contributed by atoms with Crippen LogP contribution < -0.4 is 10.7 Å². The Morgan fingerprint density at radius 2 is 1.56 bits per heavy atom. The van der Waals surface area contributed by atoms with Gasteiger partial charge in [-0.05, 0) is 24.3 Å². The first kappa shape index (κ1) is 11.9. The molecule has 6 nitrogen and oxygen atoms in total. The van der Waals surface area contributed by atoms with Gasteiger partial charge >= 0.3 is 0 Å². The van der Waals surface area contributed by atoms with Gasteiger partial charge in [0.1, 0.15) is 5.69 Å². The van der Waals surface area contributed by atoms with Crippen molar-refractivity contribution in [2.45, 2.75) is 0 Å². The minimum Gasteiger partial charge on any atom is -0.237 e. The van der Waals surface area contributed by atoms with Gasteiger partial charge in [-0.15, -0.1) is 0 Å². The minimum absolute atomic E-state index is 0.325. The van der Waals surface area contributed by atoms with Crippen LogP contribution in [0.4, 0.5) is 11.4 Å². The molecule has 1 N–H and O–H groups in total. The zero-order valence-electron chi connectivity index (χ0n) is 9.39. The summed E-state index contributed by atoms with van der Waals surface area (Å²) in [5.41, 5.74) is 3.46. The average molecular weight is 245 g/mol. The van der Waals surface area contributed by atoms with Crippen LogP contribution in [0.25, 0.3) is 0 Å². The maximum atomic E-state index is 10.9. The summed E-state index contributed by atoms with van der Waals surface area (Å²) in [6, 6.07) is 17.2. The van der Waals surface area contributed by atoms with Crippen LogP contribution in [0.5, 0.6) is 0 Å². The van der Waals surface area contributed by atoms with E-state index in [1.165, 1.54) is 0 Å². The zero-order chi connectivity index (χ0) is 12.8. The van der Waals surface area contributed by atoms with Gasteiger partial charge in [-0.25, -0.2) is 15.6 Å². The highest BCUT2D eigenvalue weighted by atomic mass is 16.9. The summed E-state index contributed by atoms with van der Waals surface area (Å²) in [5.74, 6) is 0. The van der Waals surface area contributed by atoms with E-state index in [4.69, 9.17) is 4.94 Å². The van der Waals surface area contributed by atoms with E-state index in [0.717, 1.165) is 0 Å². The molecule has 0 heterocycles. The molecule has 0 saturated heterocycles. The van der Waals surface area contributed by atoms with Gasteiger partial charge < -0.3 is 0 Å². The Labute approximate surface area is 103 Å². The number of rotatable bonds is 5. The molecule has 0 atom stereocenters. The topological polar surface area (TPSA) is 67.6 Å². The Hall–Kier alpha value is -2.60. The summed E-state index contributed by atoms with van der Waals surface area (Å²) in [6.07, 6.45) is 0. The average Bonchev–Trinajstić information content (AvgIpc) is 2.41. The van der Waals surface area contributed by atoms with Crippen LogP contribution in [0.15, 0.2) is 60.7 Å². The fourth-order valence-electron chi connectivity index (χ4n) is 1.34. The van der Waals surface area contributed by atoms with Crippen LogP contribution >= 0.6 is 0 Å². The van der Waals surface area contributed by atoms with Gasteiger partial charge in [0.05, 0.1) is 10.9 Å². The number of anilines is 2. The summed E-state index contributed by atoms with van der Waals surface area (Å²) in [6.45, 7) is 0. The molecular weight excluding hydrogens is 234 g/mol. The van der Waals surface area contributed by atoms with Gasteiger partial charge in [-0.2, -0.15) is 0 Å². The molecule has 2 aromatic rings. The van der Waals surface area contributed by atoms with E-state index >= 15 is 0 Å². The Kier molecular flexibility index (Phi) is 3.72. The Morgan fingerprint density at radius 3 is 2.11 bits per heavy atom. The molecule has 0 unspecified atom stereocenters. The summed E-state index contributed by atoms with van der Waals surface area (Å²) in [7, 11) is 0. The largest absolute Gasteiger partial charge is 0.237 e. The second-order valence-electron chi connectivity index (χ2n) is 3.41. The summed E-state index contributed by atoms with van der Waals surface area (Å²) >= 11 is 0. The van der Waals surface area contributed by atoms with E-state index in [0.29, 0.717) is 16.5 Å². The van der Waals surface area contributed by atoms with Gasteiger partial charge in [0, 0.05) is 0 Å². The Balaban J connectivity index is 2.06. The molecule has 0 radical (unpaired) electrons. The Bertz CT molecular complexity index is 504. The van der Waals surface area contributed by atoms with E-state index < -0.39 is 5.03 Å². The number of nitrogens with zero attached hydrogens (tertiary/aromatic N) is 2. The third-order valence-electron chi connectivity index (χ3n) is 2.15. The first-order valence-corrected chi connectivity index (χ1v) is 5.25. The fourth-order valence-corrected chi connectivity index (χ4v) is 1.34. The van der Waals surface area contributed by atoms with E-state index in [2.05, 4.69) is 5.48 Å². The van der Waals surface area contributed by atoms with Crippen LogP contribution in [0.3, 0.4) is 0 Å². The third-order valence-corrected chi connectivity index (χ3v) is 2.15. The van der Waals surface area contributed by atoms with E-state index in [9.17, 15) is 10.1 Å². The van der Waals surface area contributed by atoms with Gasteiger partial charge in [-0.3, -0.25) is 0 Å². The highest BCUT2D eigenvalue weighted by Gasteiger charge is 2.18. The number of benzene rings is 2. The highest BCUT2D eigenvalue weighted by Crippen LogP contribution is 2.14. The van der Waals surface area contributed by atoms with Gasteiger partial charge in [0.25, 0.3) is 0 Å². The molecule has 2 rings (SSSR count). The van der Waals surface area contributed by atoms with Gasteiger partial charge in [0.2, 0.25) is 0 Å². The van der Waals surface area contributed by atoms with Crippen molar-refractivity contribution >= 4 is 11.4 Å². The number of hydrogen-bond donors (Lipinski definition) is 1. The highest BCUT2D eigenvalue weighted by molar-refractivity contribution is 5.43. The molecule has 0 saturated carbocycles. The standard InChI is InChI=1S/C12H11N3O3/c16-15(17)14(12-9-5-2-6-10-12)18-13-11-7-3-1-4-8-11/h1-10,13H. The predicted molar refractivity (Wildman–Crippen MR) is 67.1 cm³/mol. The lowest BCUT2D eigenvalue weighted by Crippen LogP contribution is -2.32. The quantitative estimate of drug-likeness (QED) is 0.647. The molecule has 0 aliphatic heterocycles. The minimum atomic E-state index is -0.648. The van der Waals surface area contributed by atoms with E-state index in [1.54, 1.807) is 54.6 Å². The van der Waals surface area contributed by atoms with Crippen molar-refractivity contribution in [2.75, 3.05) is 10.7 Å². The van der Waals surface area contributed by atoms with Crippen molar-refractivity contribution in [1.82, 2.24) is 0 Å². The van der Waals surface area contributed by atoms with Crippen molar-refractivity contribution in [2.24, 2.45) is 0 Å². The molecule has 0 aromatic heterocycles. The molecule has 2 aromatic carbocycles. The SMILES string of the molecule is O=[N+]([O-])N(ONc1ccccc1)c1ccccc1. The predicted octanol–water partition coefficient (Wildman–Crippen LogP) is 2.64. The van der Waals surface area contributed by atoms with Crippen molar-refractivity contribution in [1.29, 1.82) is 0 Å².